The number of fused-ring (bicyclic) bond motifs is 1. The van der Waals surface area contributed by atoms with E-state index in [0.717, 1.165) is 12.1 Å². The molecule has 0 saturated heterocycles. The van der Waals surface area contributed by atoms with Crippen molar-refractivity contribution in [2.75, 3.05) is 5.32 Å². The average molecular weight is 215 g/mol. The van der Waals surface area contributed by atoms with Crippen molar-refractivity contribution in [3.8, 4) is 5.75 Å². The number of pyridine rings is 1. The molecule has 1 amide bonds. The second-order valence-corrected chi connectivity index (χ2v) is 3.46. The largest absolute Gasteiger partial charge is 0.329 e. The summed E-state index contributed by atoms with van der Waals surface area (Å²) in [5.41, 5.74) is 2.06. The number of aryl methyl sites for hydroxylation is 1. The van der Waals surface area contributed by atoms with E-state index in [1.54, 1.807) is 18.2 Å². The molecule has 1 radical (unpaired) electrons. The molecule has 0 spiro atoms. The summed E-state index contributed by atoms with van der Waals surface area (Å²) in [4.78, 5) is 14.6. The highest BCUT2D eigenvalue weighted by atomic mass is 16.3. The zero-order valence-electron chi connectivity index (χ0n) is 8.86. The molecule has 16 heavy (non-hydrogen) atoms. The molecule has 1 heterocycles. The Morgan fingerprint density at radius 2 is 2.19 bits per heavy atom. The summed E-state index contributed by atoms with van der Waals surface area (Å²) >= 11 is 0. The third-order valence-corrected chi connectivity index (χ3v) is 2.41. The van der Waals surface area contributed by atoms with Crippen LogP contribution in [0.25, 0.3) is 10.9 Å². The van der Waals surface area contributed by atoms with Crippen LogP contribution < -0.4 is 5.32 Å². The van der Waals surface area contributed by atoms with Gasteiger partial charge >= 0.3 is 0 Å². The SMILES string of the molecule is CCc1cc([O])c2cc(NC=O)ccc2n1. The molecular weight excluding hydrogens is 204 g/mol. The van der Waals surface area contributed by atoms with Gasteiger partial charge in [-0.2, -0.15) is 0 Å². The van der Waals surface area contributed by atoms with E-state index in [-0.39, 0.29) is 5.75 Å². The standard InChI is InChI=1S/C12H11N2O2/c1-2-8-6-12(16)10-5-9(13-7-15)3-4-11(10)14-8/h3-7H,2H2,1H3,(H,13,15). The van der Waals surface area contributed by atoms with Gasteiger partial charge in [0.2, 0.25) is 6.41 Å². The molecule has 0 fully saturated rings. The van der Waals surface area contributed by atoms with Gasteiger partial charge in [-0.1, -0.05) is 6.92 Å². The number of hydrogen-bond acceptors (Lipinski definition) is 2. The zero-order chi connectivity index (χ0) is 11.5. The lowest BCUT2D eigenvalue weighted by Gasteiger charge is -2.04. The summed E-state index contributed by atoms with van der Waals surface area (Å²) in [6, 6.07) is 6.63. The van der Waals surface area contributed by atoms with E-state index < -0.39 is 0 Å². The van der Waals surface area contributed by atoms with Gasteiger partial charge in [0.25, 0.3) is 0 Å². The summed E-state index contributed by atoms with van der Waals surface area (Å²) in [5, 5.41) is 14.8. The van der Waals surface area contributed by atoms with Gasteiger partial charge in [0.05, 0.1) is 5.52 Å². The van der Waals surface area contributed by atoms with Crippen molar-refractivity contribution in [3.63, 3.8) is 0 Å². The third kappa shape index (κ3) is 1.82. The van der Waals surface area contributed by atoms with E-state index in [4.69, 9.17) is 0 Å². The van der Waals surface area contributed by atoms with Crippen LogP contribution in [-0.2, 0) is 16.3 Å². The Labute approximate surface area is 92.9 Å². The molecule has 0 atom stereocenters. The number of rotatable bonds is 3. The van der Waals surface area contributed by atoms with E-state index in [1.165, 1.54) is 6.07 Å². The summed E-state index contributed by atoms with van der Waals surface area (Å²) in [7, 11) is 0. The van der Waals surface area contributed by atoms with Gasteiger partial charge in [0.15, 0.2) is 5.75 Å². The lowest BCUT2D eigenvalue weighted by atomic mass is 10.1. The molecule has 0 bridgehead atoms. The van der Waals surface area contributed by atoms with Gasteiger partial charge < -0.3 is 5.32 Å². The van der Waals surface area contributed by atoms with Gasteiger partial charge in [-0.25, -0.2) is 0 Å². The van der Waals surface area contributed by atoms with Crippen molar-refractivity contribution in [2.45, 2.75) is 13.3 Å². The molecule has 4 heteroatoms. The number of nitrogens with one attached hydrogen (secondary N) is 1. The minimum absolute atomic E-state index is 0.0589. The van der Waals surface area contributed by atoms with Gasteiger partial charge in [-0.3, -0.25) is 14.9 Å². The van der Waals surface area contributed by atoms with Crippen LogP contribution in [0.2, 0.25) is 0 Å². The number of hydrogen-bond donors (Lipinski definition) is 1. The molecule has 4 nitrogen and oxygen atoms in total. The molecule has 81 valence electrons. The molecule has 0 aliphatic rings. The highest BCUT2D eigenvalue weighted by Gasteiger charge is 2.06. The molecule has 0 unspecified atom stereocenters. The Morgan fingerprint density at radius 1 is 1.38 bits per heavy atom. The number of carbonyl (C=O) groups excluding carboxylic acids is 1. The Kier molecular flexibility index (Phi) is 2.72. The minimum atomic E-state index is -0.0589. The average Bonchev–Trinajstić information content (AvgIpc) is 2.30. The Morgan fingerprint density at radius 3 is 2.88 bits per heavy atom. The van der Waals surface area contributed by atoms with E-state index in [0.29, 0.717) is 23.0 Å². The van der Waals surface area contributed by atoms with Crippen LogP contribution in [-0.4, -0.2) is 11.4 Å². The number of amides is 1. The maximum atomic E-state index is 11.8. The van der Waals surface area contributed by atoms with E-state index in [9.17, 15) is 9.90 Å². The maximum Gasteiger partial charge on any atom is 0.211 e. The molecule has 0 saturated carbocycles. The second kappa shape index (κ2) is 4.18. The van der Waals surface area contributed by atoms with Crippen LogP contribution in [0.15, 0.2) is 24.3 Å². The van der Waals surface area contributed by atoms with Crippen molar-refractivity contribution in [3.05, 3.63) is 30.0 Å². The molecule has 2 aromatic rings. The predicted molar refractivity (Wildman–Crippen MR) is 60.9 cm³/mol. The smallest absolute Gasteiger partial charge is 0.211 e. The fourth-order valence-electron chi connectivity index (χ4n) is 1.59. The van der Waals surface area contributed by atoms with Crippen molar-refractivity contribution in [2.24, 2.45) is 0 Å². The number of benzene rings is 1. The fourth-order valence-corrected chi connectivity index (χ4v) is 1.59. The number of nitrogens with zero attached hydrogens (tertiary/aromatic N) is 1. The van der Waals surface area contributed by atoms with Crippen LogP contribution in [0.3, 0.4) is 0 Å². The van der Waals surface area contributed by atoms with E-state index in [1.807, 2.05) is 6.92 Å². The molecule has 1 aromatic heterocycles. The second-order valence-electron chi connectivity index (χ2n) is 3.46. The Bertz CT molecular complexity index is 538. The van der Waals surface area contributed by atoms with Crippen LogP contribution >= 0.6 is 0 Å². The van der Waals surface area contributed by atoms with Crippen molar-refractivity contribution >= 4 is 23.0 Å². The van der Waals surface area contributed by atoms with Crippen LogP contribution in [0.4, 0.5) is 5.69 Å². The third-order valence-electron chi connectivity index (χ3n) is 2.41. The first-order valence-electron chi connectivity index (χ1n) is 5.05. The van der Waals surface area contributed by atoms with Crippen LogP contribution in [0.5, 0.6) is 5.75 Å². The first-order chi connectivity index (χ1) is 7.74. The number of carbonyl (C=O) groups is 1. The van der Waals surface area contributed by atoms with Crippen LogP contribution in [0, 0.1) is 0 Å². The van der Waals surface area contributed by atoms with Crippen molar-refractivity contribution in [1.82, 2.24) is 4.98 Å². The maximum absolute atomic E-state index is 11.8. The molecule has 1 N–H and O–H groups in total. The molecular formula is C12H11N2O2. The van der Waals surface area contributed by atoms with Gasteiger partial charge in [0.1, 0.15) is 0 Å². The number of anilines is 1. The quantitative estimate of drug-likeness (QED) is 0.799. The zero-order valence-corrected chi connectivity index (χ0v) is 8.86. The van der Waals surface area contributed by atoms with Gasteiger partial charge in [0, 0.05) is 22.8 Å². The monoisotopic (exact) mass is 215 g/mol. The van der Waals surface area contributed by atoms with Crippen molar-refractivity contribution in [1.29, 1.82) is 0 Å². The summed E-state index contributed by atoms with van der Waals surface area (Å²) < 4.78 is 0. The minimum Gasteiger partial charge on any atom is -0.329 e. The Hall–Kier alpha value is -2.10. The summed E-state index contributed by atoms with van der Waals surface area (Å²) in [6.07, 6.45) is 1.32. The normalized spacial score (nSPS) is 10.3. The summed E-state index contributed by atoms with van der Waals surface area (Å²) in [6.45, 7) is 1.95. The predicted octanol–water partition coefficient (Wildman–Crippen LogP) is 2.51. The lowest BCUT2D eigenvalue weighted by Crippen LogP contribution is -1.94. The Balaban J connectivity index is 2.60. The van der Waals surface area contributed by atoms with Crippen LogP contribution in [0.1, 0.15) is 12.6 Å². The first-order valence-corrected chi connectivity index (χ1v) is 5.05. The van der Waals surface area contributed by atoms with E-state index in [2.05, 4.69) is 10.3 Å². The topological polar surface area (TPSA) is 61.9 Å². The fraction of sp³-hybridized carbons (Fsp3) is 0.167. The number of aromatic nitrogens is 1. The van der Waals surface area contributed by atoms with Crippen molar-refractivity contribution < 1.29 is 9.90 Å². The molecule has 2 rings (SSSR count). The molecule has 1 aromatic carbocycles. The lowest BCUT2D eigenvalue weighted by molar-refractivity contribution is -0.105. The molecule has 0 aliphatic carbocycles. The van der Waals surface area contributed by atoms with Gasteiger partial charge in [-0.05, 0) is 24.6 Å². The first kappa shape index (κ1) is 10.4. The van der Waals surface area contributed by atoms with Gasteiger partial charge in [-0.15, -0.1) is 0 Å². The highest BCUT2D eigenvalue weighted by molar-refractivity contribution is 5.89. The molecule has 0 aliphatic heterocycles. The summed E-state index contributed by atoms with van der Waals surface area (Å²) in [5.74, 6) is -0.0589. The van der Waals surface area contributed by atoms with E-state index >= 15 is 0 Å². The highest BCUT2D eigenvalue weighted by Crippen LogP contribution is 2.27.